The third-order valence-electron chi connectivity index (χ3n) is 0.670. The fourth-order valence-corrected chi connectivity index (χ4v) is 0.304. The summed E-state index contributed by atoms with van der Waals surface area (Å²) in [6.07, 6.45) is 0.141. The molecule has 0 aromatic carbocycles. The van der Waals surface area contributed by atoms with E-state index in [4.69, 9.17) is 16.6 Å². The van der Waals surface area contributed by atoms with Crippen molar-refractivity contribution in [1.82, 2.24) is 0 Å². The lowest BCUT2D eigenvalue weighted by atomic mass is 10.3. The van der Waals surface area contributed by atoms with Gasteiger partial charge < -0.3 is 21.4 Å². The van der Waals surface area contributed by atoms with Crippen molar-refractivity contribution in [3.63, 3.8) is 0 Å². The van der Waals surface area contributed by atoms with Crippen LogP contribution in [0.1, 0.15) is 0 Å². The molecule has 0 rings (SSSR count). The Balaban J connectivity index is 4.23. The first-order chi connectivity index (χ1) is 4.57. The van der Waals surface area contributed by atoms with Gasteiger partial charge >= 0.3 is 5.97 Å². The topological polar surface area (TPSA) is 119 Å². The Bertz CT molecular complexity index is 173. The van der Waals surface area contributed by atoms with E-state index < -0.39 is 18.0 Å². The molecule has 10 heavy (non-hydrogen) atoms. The van der Waals surface area contributed by atoms with Crippen LogP contribution in [-0.2, 0) is 9.59 Å². The first kappa shape index (κ1) is 8.41. The van der Waals surface area contributed by atoms with Crippen molar-refractivity contribution in [2.75, 3.05) is 0 Å². The molecule has 0 aromatic rings. The van der Waals surface area contributed by atoms with Crippen LogP contribution in [0.5, 0.6) is 0 Å². The molecule has 5 N–H and O–H groups in total. The molecule has 0 saturated carbocycles. The largest absolute Gasteiger partial charge is 0.479 e. The van der Waals surface area contributed by atoms with E-state index in [1.807, 2.05) is 0 Å². The van der Waals surface area contributed by atoms with Crippen LogP contribution in [0.3, 0.4) is 0 Å². The zero-order valence-corrected chi connectivity index (χ0v) is 5.02. The Morgan fingerprint density at radius 1 is 1.60 bits per heavy atom. The van der Waals surface area contributed by atoms with Crippen LogP contribution in [0.2, 0.25) is 0 Å². The molecule has 1 unspecified atom stereocenters. The number of carboxylic acid groups (broad SMARTS) is 1. The van der Waals surface area contributed by atoms with Gasteiger partial charge in [0, 0.05) is 0 Å². The van der Waals surface area contributed by atoms with Crippen molar-refractivity contribution in [3.8, 4) is 0 Å². The number of aldehydes is 1. The Labute approximate surface area is 56.5 Å². The summed E-state index contributed by atoms with van der Waals surface area (Å²) in [7, 11) is 0. The third-order valence-corrected chi connectivity index (χ3v) is 0.670. The van der Waals surface area contributed by atoms with E-state index in [1.165, 1.54) is 0 Å². The SMILES string of the molecule is NC(N)=NC(C=O)C(=O)O. The molecule has 0 aliphatic rings. The van der Waals surface area contributed by atoms with Gasteiger partial charge in [0.2, 0.25) is 6.04 Å². The third kappa shape index (κ3) is 2.65. The van der Waals surface area contributed by atoms with Crippen LogP contribution in [0.4, 0.5) is 0 Å². The summed E-state index contributed by atoms with van der Waals surface area (Å²) in [5.41, 5.74) is 9.62. The fourth-order valence-electron chi connectivity index (χ4n) is 0.304. The molecule has 0 bridgehead atoms. The van der Waals surface area contributed by atoms with E-state index in [1.54, 1.807) is 0 Å². The molecule has 0 radical (unpaired) electrons. The standard InChI is InChI=1S/C4H7N3O3/c5-4(6)7-2(1-8)3(9)10/h1-2H,(H,9,10)(H4,5,6,7). The second-order valence-corrected chi connectivity index (χ2v) is 1.47. The molecular formula is C4H7N3O3. The van der Waals surface area contributed by atoms with Crippen LogP contribution in [-0.4, -0.2) is 29.4 Å². The summed E-state index contributed by atoms with van der Waals surface area (Å²) in [5.74, 6) is -1.79. The zero-order chi connectivity index (χ0) is 8.15. The molecule has 0 spiro atoms. The highest BCUT2D eigenvalue weighted by Crippen LogP contribution is 1.83. The number of aliphatic imine (C=N–C) groups is 1. The molecule has 0 aliphatic heterocycles. The van der Waals surface area contributed by atoms with E-state index in [-0.39, 0.29) is 6.29 Å². The number of guanidine groups is 1. The van der Waals surface area contributed by atoms with Crippen molar-refractivity contribution < 1.29 is 14.7 Å². The molecule has 0 amide bonds. The number of nitrogens with two attached hydrogens (primary N) is 2. The highest BCUT2D eigenvalue weighted by atomic mass is 16.4. The van der Waals surface area contributed by atoms with E-state index in [0.29, 0.717) is 0 Å². The minimum absolute atomic E-state index is 0.141. The van der Waals surface area contributed by atoms with Crippen LogP contribution in [0, 0.1) is 0 Å². The van der Waals surface area contributed by atoms with Crippen molar-refractivity contribution in [3.05, 3.63) is 0 Å². The molecule has 0 fully saturated rings. The van der Waals surface area contributed by atoms with Gasteiger partial charge in [-0.1, -0.05) is 0 Å². The van der Waals surface area contributed by atoms with Crippen LogP contribution in [0.15, 0.2) is 4.99 Å². The number of carbonyl (C=O) groups excluding carboxylic acids is 1. The second-order valence-electron chi connectivity index (χ2n) is 1.47. The number of carboxylic acids is 1. The molecule has 6 heteroatoms. The lowest BCUT2D eigenvalue weighted by Gasteiger charge is -1.96. The van der Waals surface area contributed by atoms with Gasteiger partial charge in [-0.3, -0.25) is 0 Å². The van der Waals surface area contributed by atoms with Crippen LogP contribution < -0.4 is 11.5 Å². The first-order valence-corrected chi connectivity index (χ1v) is 2.34. The zero-order valence-electron chi connectivity index (χ0n) is 5.02. The maximum Gasteiger partial charge on any atom is 0.336 e. The summed E-state index contributed by atoms with van der Waals surface area (Å²) in [4.78, 5) is 23.0. The van der Waals surface area contributed by atoms with Gasteiger partial charge in [-0.25, -0.2) is 9.79 Å². The number of hydrogen-bond acceptors (Lipinski definition) is 3. The smallest absolute Gasteiger partial charge is 0.336 e. The molecule has 56 valence electrons. The molecule has 0 aromatic heterocycles. The number of hydrogen-bond donors (Lipinski definition) is 3. The van der Waals surface area contributed by atoms with E-state index >= 15 is 0 Å². The van der Waals surface area contributed by atoms with Gasteiger partial charge in [-0.2, -0.15) is 0 Å². The first-order valence-electron chi connectivity index (χ1n) is 2.34. The molecule has 6 nitrogen and oxygen atoms in total. The van der Waals surface area contributed by atoms with E-state index in [2.05, 4.69) is 4.99 Å². The van der Waals surface area contributed by atoms with Crippen molar-refractivity contribution in [2.45, 2.75) is 6.04 Å². The number of aliphatic carboxylic acids is 1. The maximum atomic E-state index is 10.0. The maximum absolute atomic E-state index is 10.0. The number of carbonyl (C=O) groups is 2. The monoisotopic (exact) mass is 145 g/mol. The molecule has 1 atom stereocenters. The number of rotatable bonds is 3. The van der Waals surface area contributed by atoms with Gasteiger partial charge in [-0.05, 0) is 0 Å². The normalized spacial score (nSPS) is 11.6. The highest BCUT2D eigenvalue weighted by Gasteiger charge is 2.13. The fraction of sp³-hybridized carbons (Fsp3) is 0.250. The van der Waals surface area contributed by atoms with Gasteiger partial charge in [0.25, 0.3) is 0 Å². The van der Waals surface area contributed by atoms with Crippen molar-refractivity contribution in [2.24, 2.45) is 16.5 Å². The molecule has 0 aliphatic carbocycles. The van der Waals surface area contributed by atoms with E-state index in [9.17, 15) is 9.59 Å². The average molecular weight is 145 g/mol. The van der Waals surface area contributed by atoms with Gasteiger partial charge in [0.05, 0.1) is 0 Å². The van der Waals surface area contributed by atoms with E-state index in [0.717, 1.165) is 0 Å². The van der Waals surface area contributed by atoms with Gasteiger partial charge in [-0.15, -0.1) is 0 Å². The summed E-state index contributed by atoms with van der Waals surface area (Å²) >= 11 is 0. The lowest BCUT2D eigenvalue weighted by Crippen LogP contribution is -2.29. The summed E-state index contributed by atoms with van der Waals surface area (Å²) in [5, 5.41) is 8.17. The van der Waals surface area contributed by atoms with Crippen molar-refractivity contribution >= 4 is 18.2 Å². The quantitative estimate of drug-likeness (QED) is 0.182. The Kier molecular flexibility index (Phi) is 2.89. The Morgan fingerprint density at radius 2 is 2.10 bits per heavy atom. The molecule has 0 heterocycles. The molecular weight excluding hydrogens is 138 g/mol. The second kappa shape index (κ2) is 3.44. The predicted molar refractivity (Wildman–Crippen MR) is 33.3 cm³/mol. The van der Waals surface area contributed by atoms with Crippen LogP contribution >= 0.6 is 0 Å². The predicted octanol–water partition coefficient (Wildman–Crippen LogP) is -2.09. The van der Waals surface area contributed by atoms with Crippen LogP contribution in [0.25, 0.3) is 0 Å². The Morgan fingerprint density at radius 3 is 2.20 bits per heavy atom. The lowest BCUT2D eigenvalue weighted by molar-refractivity contribution is -0.139. The Hall–Kier alpha value is -1.59. The minimum Gasteiger partial charge on any atom is -0.479 e. The van der Waals surface area contributed by atoms with Gasteiger partial charge in [0.1, 0.15) is 0 Å². The molecule has 0 saturated heterocycles. The number of nitrogens with zero attached hydrogens (tertiary/aromatic N) is 1. The highest BCUT2D eigenvalue weighted by molar-refractivity contribution is 5.93. The average Bonchev–Trinajstić information content (AvgIpc) is 1.81. The van der Waals surface area contributed by atoms with Crippen molar-refractivity contribution in [1.29, 1.82) is 0 Å². The summed E-state index contributed by atoms with van der Waals surface area (Å²) in [6.45, 7) is 0. The minimum atomic E-state index is -1.48. The summed E-state index contributed by atoms with van der Waals surface area (Å²) < 4.78 is 0. The van der Waals surface area contributed by atoms with Gasteiger partial charge in [0.15, 0.2) is 12.2 Å². The summed E-state index contributed by atoms with van der Waals surface area (Å²) in [6, 6.07) is -1.48.